The number of hydrogen-bond donors (Lipinski definition) is 3. The van der Waals surface area contributed by atoms with E-state index in [1.54, 1.807) is 0 Å². The molecule has 7 nitrogen and oxygen atoms in total. The van der Waals surface area contributed by atoms with Gasteiger partial charge in [-0.2, -0.15) is 0 Å². The van der Waals surface area contributed by atoms with E-state index >= 15 is 0 Å². The number of carboxylic acid groups (broad SMARTS) is 2. The van der Waals surface area contributed by atoms with Gasteiger partial charge in [0.05, 0.1) is 12.0 Å². The first-order valence-corrected chi connectivity index (χ1v) is 7.22. The largest absolute Gasteiger partial charge is 0.550 e. The number of rotatable bonds is 13. The summed E-state index contributed by atoms with van der Waals surface area (Å²) in [5.74, 6) is -2.76. The molecule has 0 aliphatic rings. The molecule has 0 radical (unpaired) electrons. The van der Waals surface area contributed by atoms with Gasteiger partial charge in [-0.05, 0) is 13.0 Å². The average molecular weight is 307 g/mol. The van der Waals surface area contributed by atoms with Crippen LogP contribution in [-0.4, -0.2) is 24.5 Å². The minimum absolute atomic E-state index is 0. The van der Waals surface area contributed by atoms with Crippen LogP contribution >= 0.6 is 0 Å². The monoisotopic (exact) mass is 307 g/mol. The molecule has 0 amide bonds. The topological polar surface area (TPSA) is 165 Å². The predicted molar refractivity (Wildman–Crippen MR) is 81.0 cm³/mol. The number of nitrogens with one attached hydrogen (secondary N) is 1. The molecule has 0 aliphatic carbocycles. The van der Waals surface area contributed by atoms with E-state index in [2.05, 4.69) is 12.2 Å². The fourth-order valence-corrected chi connectivity index (χ4v) is 1.94. The third-order valence-corrected chi connectivity index (χ3v) is 3.08. The Kier molecular flexibility index (Phi) is 19.9. The molecule has 0 heterocycles. The quantitative estimate of drug-likeness (QED) is 0.426. The van der Waals surface area contributed by atoms with Crippen LogP contribution in [0, 0.1) is 0 Å². The molecule has 0 rings (SSSR count). The lowest BCUT2D eigenvalue weighted by Crippen LogP contribution is -2.48. The van der Waals surface area contributed by atoms with Crippen molar-refractivity contribution in [2.24, 2.45) is 0 Å². The fourth-order valence-electron chi connectivity index (χ4n) is 1.94. The number of aliphatic carboxylic acids is 2. The molecule has 7 heteroatoms. The van der Waals surface area contributed by atoms with Crippen molar-refractivity contribution in [2.75, 3.05) is 6.54 Å². The van der Waals surface area contributed by atoms with Crippen LogP contribution in [0.15, 0.2) is 0 Å². The Morgan fingerprint density at radius 1 is 0.905 bits per heavy atom. The Bertz CT molecular complexity index is 263. The van der Waals surface area contributed by atoms with Gasteiger partial charge in [0.15, 0.2) is 0 Å². The third kappa shape index (κ3) is 16.8. The standard InChI is InChI=1S/C14H27NO4.2H3N/c1-2-3-4-5-6-7-8-9-10-15-12(14(18)19)11-13(16)17;;/h12,15H,2-11H2,1H3,(H,16,17)(H,18,19);2*1H3/t12-;;/m0../s1. The van der Waals surface area contributed by atoms with Crippen molar-refractivity contribution in [2.45, 2.75) is 70.8 Å². The average Bonchev–Trinajstić information content (AvgIpc) is 2.34. The first-order chi connectivity index (χ1) is 9.07. The highest BCUT2D eigenvalue weighted by Crippen LogP contribution is 2.08. The fraction of sp³-hybridized carbons (Fsp3) is 0.857. The number of carboxylic acids is 2. The number of carbonyl (C=O) groups excluding carboxylic acids is 2. The van der Waals surface area contributed by atoms with Gasteiger partial charge in [0, 0.05) is 12.4 Å². The highest BCUT2D eigenvalue weighted by atomic mass is 16.4. The van der Waals surface area contributed by atoms with Crippen molar-refractivity contribution < 1.29 is 19.8 Å². The molecule has 128 valence electrons. The molecule has 0 bridgehead atoms. The maximum atomic E-state index is 10.6. The van der Waals surface area contributed by atoms with Gasteiger partial charge in [-0.15, -0.1) is 0 Å². The summed E-state index contributed by atoms with van der Waals surface area (Å²) in [6.45, 7) is 2.69. The van der Waals surface area contributed by atoms with E-state index in [0.717, 1.165) is 19.3 Å². The van der Waals surface area contributed by atoms with Crippen molar-refractivity contribution in [3.05, 3.63) is 0 Å². The molecule has 21 heavy (non-hydrogen) atoms. The first kappa shape index (κ1) is 24.8. The minimum atomic E-state index is -1.39. The summed E-state index contributed by atoms with van der Waals surface area (Å²) in [4.78, 5) is 21.0. The molecule has 0 aliphatic heterocycles. The number of carbonyl (C=O) groups is 2. The van der Waals surface area contributed by atoms with Crippen molar-refractivity contribution in [3.63, 3.8) is 0 Å². The zero-order valence-corrected chi connectivity index (χ0v) is 13.8. The van der Waals surface area contributed by atoms with Crippen LogP contribution in [0.1, 0.15) is 64.7 Å². The zero-order chi connectivity index (χ0) is 14.5. The second-order valence-electron chi connectivity index (χ2n) is 4.88. The second kappa shape index (κ2) is 16.9. The van der Waals surface area contributed by atoms with E-state index in [1.807, 2.05) is 0 Å². The van der Waals surface area contributed by atoms with Gasteiger partial charge in [0.25, 0.3) is 0 Å². The van der Waals surface area contributed by atoms with Crippen LogP contribution in [0.4, 0.5) is 0 Å². The summed E-state index contributed by atoms with van der Waals surface area (Å²) >= 11 is 0. The number of unbranched alkanes of at least 4 members (excludes halogenated alkanes) is 7. The maximum Gasteiger partial charge on any atom is 0.0588 e. The van der Waals surface area contributed by atoms with Gasteiger partial charge in [0.1, 0.15) is 0 Å². The summed E-state index contributed by atoms with van der Waals surface area (Å²) in [5.41, 5.74) is 0. The maximum absolute atomic E-state index is 10.6. The molecule has 0 saturated heterocycles. The van der Waals surface area contributed by atoms with Crippen LogP contribution in [0.3, 0.4) is 0 Å². The van der Waals surface area contributed by atoms with Crippen LogP contribution in [0.2, 0.25) is 0 Å². The van der Waals surface area contributed by atoms with Crippen LogP contribution in [0.25, 0.3) is 0 Å². The van der Waals surface area contributed by atoms with Crippen molar-refractivity contribution in [1.82, 2.24) is 17.6 Å². The smallest absolute Gasteiger partial charge is 0.0588 e. The summed E-state index contributed by atoms with van der Waals surface area (Å²) in [5, 5.41) is 23.6. The highest BCUT2D eigenvalue weighted by molar-refractivity contribution is 5.78. The Labute approximate surface area is 127 Å². The molecule has 0 aromatic carbocycles. The Hall–Kier alpha value is -1.18. The minimum Gasteiger partial charge on any atom is -0.550 e. The van der Waals surface area contributed by atoms with Crippen molar-refractivity contribution in [1.29, 1.82) is 0 Å². The van der Waals surface area contributed by atoms with Crippen LogP contribution in [0.5, 0.6) is 0 Å². The van der Waals surface area contributed by atoms with Gasteiger partial charge in [-0.1, -0.05) is 51.9 Å². The van der Waals surface area contributed by atoms with Gasteiger partial charge in [0.2, 0.25) is 0 Å². The summed E-state index contributed by atoms with van der Waals surface area (Å²) < 4.78 is 0. The molecule has 0 aromatic rings. The molecule has 9 N–H and O–H groups in total. The van der Waals surface area contributed by atoms with Gasteiger partial charge in [-0.25, -0.2) is 0 Å². The van der Waals surface area contributed by atoms with E-state index in [-0.39, 0.29) is 12.3 Å². The number of hydrogen-bond acceptors (Lipinski definition) is 5. The van der Waals surface area contributed by atoms with Crippen molar-refractivity contribution >= 4 is 11.9 Å². The number of quaternary nitrogens is 2. The van der Waals surface area contributed by atoms with Crippen molar-refractivity contribution in [3.8, 4) is 0 Å². The molecular weight excluding hydrogens is 274 g/mol. The van der Waals surface area contributed by atoms with Gasteiger partial charge < -0.3 is 37.4 Å². The SMILES string of the molecule is CCCCCCCCCCN[C@@H](CC(=O)[O-])C(=O)[O-].[NH4+].[NH4+]. The molecule has 0 fully saturated rings. The predicted octanol–water partition coefficient (Wildman–Crippen LogP) is 0.728. The summed E-state index contributed by atoms with van der Waals surface area (Å²) in [6, 6.07) is -1.14. The third-order valence-electron chi connectivity index (χ3n) is 3.08. The first-order valence-electron chi connectivity index (χ1n) is 7.22. The molecule has 0 unspecified atom stereocenters. The van der Waals surface area contributed by atoms with E-state index in [4.69, 9.17) is 0 Å². The van der Waals surface area contributed by atoms with E-state index in [9.17, 15) is 19.8 Å². The highest BCUT2D eigenvalue weighted by Gasteiger charge is 2.08. The van der Waals surface area contributed by atoms with E-state index in [0.29, 0.717) is 6.54 Å². The Balaban J connectivity index is -0.00000162. The Morgan fingerprint density at radius 2 is 1.38 bits per heavy atom. The lowest BCUT2D eigenvalue weighted by molar-refractivity contribution is -0.317. The normalized spacial score (nSPS) is 11.1. The van der Waals surface area contributed by atoms with Crippen LogP contribution < -0.4 is 27.8 Å². The van der Waals surface area contributed by atoms with Crippen LogP contribution in [-0.2, 0) is 9.59 Å². The molecule has 0 spiro atoms. The van der Waals surface area contributed by atoms with Gasteiger partial charge >= 0.3 is 0 Å². The zero-order valence-electron chi connectivity index (χ0n) is 13.8. The summed E-state index contributed by atoms with van der Waals surface area (Å²) in [7, 11) is 0. The molecule has 0 saturated carbocycles. The summed E-state index contributed by atoms with van der Waals surface area (Å²) in [6.07, 6.45) is 8.77. The lowest BCUT2D eigenvalue weighted by atomic mass is 10.1. The van der Waals surface area contributed by atoms with E-state index in [1.165, 1.54) is 32.1 Å². The van der Waals surface area contributed by atoms with E-state index < -0.39 is 24.4 Å². The Morgan fingerprint density at radius 3 is 1.81 bits per heavy atom. The lowest BCUT2D eigenvalue weighted by Gasteiger charge is -2.20. The molecule has 1 atom stereocenters. The van der Waals surface area contributed by atoms with Gasteiger partial charge in [-0.3, -0.25) is 0 Å². The molecule has 0 aromatic heterocycles. The second-order valence-corrected chi connectivity index (χ2v) is 4.88. The molecular formula is C14H33N3O4.